The summed E-state index contributed by atoms with van der Waals surface area (Å²) < 4.78 is 0. The van der Waals surface area contributed by atoms with Crippen LogP contribution < -0.4 is 0 Å². The van der Waals surface area contributed by atoms with E-state index in [9.17, 15) is 4.79 Å². The Morgan fingerprint density at radius 2 is 1.56 bits per heavy atom. The number of carbonyl (C=O) groups excluding carboxylic acids is 1. The van der Waals surface area contributed by atoms with Gasteiger partial charge in [0.15, 0.2) is 0 Å². The first-order valence-electron chi connectivity index (χ1n) is 6.82. The quantitative estimate of drug-likeness (QED) is 0.761. The van der Waals surface area contributed by atoms with Crippen LogP contribution >= 0.6 is 0 Å². The van der Waals surface area contributed by atoms with Crippen LogP contribution in [0.2, 0.25) is 0 Å². The third-order valence-electron chi connectivity index (χ3n) is 3.51. The lowest BCUT2D eigenvalue weighted by Gasteiger charge is -2.17. The van der Waals surface area contributed by atoms with E-state index in [0.29, 0.717) is 12.2 Å². The first-order valence-corrected chi connectivity index (χ1v) is 6.82. The number of ketones is 1. The highest BCUT2D eigenvalue weighted by atomic mass is 16.1. The van der Waals surface area contributed by atoms with E-state index < -0.39 is 0 Å². The van der Waals surface area contributed by atoms with E-state index in [4.69, 9.17) is 0 Å². The lowest BCUT2D eigenvalue weighted by molar-refractivity contribution is -0.126. The standard InChI is InChI=1S/C17H26O/c1-12-10-13(2)15(14(3)11-12)8-7-9-16(18)17(4,5)6/h10-11H,7-9H2,1-6H3. The predicted molar refractivity (Wildman–Crippen MR) is 78.1 cm³/mol. The second-order valence-corrected chi connectivity index (χ2v) is 6.40. The Hall–Kier alpha value is -1.11. The van der Waals surface area contributed by atoms with Crippen LogP contribution in [0.15, 0.2) is 12.1 Å². The molecule has 1 nitrogen and oxygen atoms in total. The number of carbonyl (C=O) groups is 1. The fourth-order valence-electron chi connectivity index (χ4n) is 2.40. The summed E-state index contributed by atoms with van der Waals surface area (Å²) in [6, 6.07) is 4.46. The van der Waals surface area contributed by atoms with Crippen molar-refractivity contribution in [1.29, 1.82) is 0 Å². The summed E-state index contributed by atoms with van der Waals surface area (Å²) in [6.45, 7) is 12.5. The molecular weight excluding hydrogens is 220 g/mol. The molecule has 0 aromatic heterocycles. The maximum Gasteiger partial charge on any atom is 0.138 e. The molecule has 1 aromatic carbocycles. The average molecular weight is 246 g/mol. The molecule has 18 heavy (non-hydrogen) atoms. The molecule has 0 aliphatic carbocycles. The molecule has 0 aliphatic heterocycles. The lowest BCUT2D eigenvalue weighted by Crippen LogP contribution is -2.19. The lowest BCUT2D eigenvalue weighted by atomic mass is 9.87. The molecule has 0 N–H and O–H groups in total. The van der Waals surface area contributed by atoms with E-state index in [1.807, 2.05) is 20.8 Å². The molecule has 100 valence electrons. The van der Waals surface area contributed by atoms with Gasteiger partial charge in [-0.25, -0.2) is 0 Å². The van der Waals surface area contributed by atoms with Crippen molar-refractivity contribution in [2.45, 2.75) is 60.8 Å². The topological polar surface area (TPSA) is 17.1 Å². The van der Waals surface area contributed by atoms with Crippen LogP contribution in [-0.2, 0) is 11.2 Å². The Kier molecular flexibility index (Phi) is 4.72. The second kappa shape index (κ2) is 5.69. The molecular formula is C17H26O. The molecule has 0 spiro atoms. The monoisotopic (exact) mass is 246 g/mol. The minimum Gasteiger partial charge on any atom is -0.299 e. The van der Waals surface area contributed by atoms with Crippen LogP contribution in [0.1, 0.15) is 55.9 Å². The molecule has 0 unspecified atom stereocenters. The molecule has 0 saturated carbocycles. The highest BCUT2D eigenvalue weighted by Crippen LogP contribution is 2.21. The van der Waals surface area contributed by atoms with E-state index in [0.717, 1.165) is 12.8 Å². The third kappa shape index (κ3) is 3.97. The first-order chi connectivity index (χ1) is 8.21. The first kappa shape index (κ1) is 14.9. The zero-order valence-electron chi connectivity index (χ0n) is 12.7. The van der Waals surface area contributed by atoms with Crippen molar-refractivity contribution >= 4 is 5.78 Å². The Morgan fingerprint density at radius 3 is 2.00 bits per heavy atom. The molecule has 1 heteroatoms. The average Bonchev–Trinajstić information content (AvgIpc) is 2.19. The number of hydrogen-bond donors (Lipinski definition) is 0. The molecule has 0 radical (unpaired) electrons. The summed E-state index contributed by atoms with van der Waals surface area (Å²) in [7, 11) is 0. The number of rotatable bonds is 4. The maximum absolute atomic E-state index is 11.9. The zero-order chi connectivity index (χ0) is 13.9. The van der Waals surface area contributed by atoms with Gasteiger partial charge >= 0.3 is 0 Å². The van der Waals surface area contributed by atoms with Crippen LogP contribution in [0.3, 0.4) is 0 Å². The molecule has 0 atom stereocenters. The van der Waals surface area contributed by atoms with Crippen molar-refractivity contribution in [3.8, 4) is 0 Å². The van der Waals surface area contributed by atoms with Crippen molar-refractivity contribution in [1.82, 2.24) is 0 Å². The fourth-order valence-corrected chi connectivity index (χ4v) is 2.40. The number of hydrogen-bond acceptors (Lipinski definition) is 1. The van der Waals surface area contributed by atoms with E-state index in [1.165, 1.54) is 22.3 Å². The highest BCUT2D eigenvalue weighted by molar-refractivity contribution is 5.83. The summed E-state index contributed by atoms with van der Waals surface area (Å²) in [5, 5.41) is 0. The molecule has 0 amide bonds. The van der Waals surface area contributed by atoms with Crippen molar-refractivity contribution < 1.29 is 4.79 Å². The van der Waals surface area contributed by atoms with Crippen molar-refractivity contribution in [2.24, 2.45) is 5.41 Å². The van der Waals surface area contributed by atoms with E-state index in [1.54, 1.807) is 0 Å². The Morgan fingerprint density at radius 1 is 1.06 bits per heavy atom. The van der Waals surface area contributed by atoms with Crippen molar-refractivity contribution in [3.05, 3.63) is 34.4 Å². The molecule has 0 heterocycles. The highest BCUT2D eigenvalue weighted by Gasteiger charge is 2.20. The van der Waals surface area contributed by atoms with Gasteiger partial charge in [-0.3, -0.25) is 4.79 Å². The number of aryl methyl sites for hydroxylation is 3. The summed E-state index contributed by atoms with van der Waals surface area (Å²) in [5.41, 5.74) is 5.26. The van der Waals surface area contributed by atoms with Crippen LogP contribution in [0, 0.1) is 26.2 Å². The van der Waals surface area contributed by atoms with Gasteiger partial charge in [0, 0.05) is 11.8 Å². The van der Waals surface area contributed by atoms with Gasteiger partial charge in [-0.2, -0.15) is 0 Å². The minimum atomic E-state index is -0.197. The maximum atomic E-state index is 11.9. The second-order valence-electron chi connectivity index (χ2n) is 6.40. The van der Waals surface area contributed by atoms with Gasteiger partial charge < -0.3 is 0 Å². The summed E-state index contributed by atoms with van der Waals surface area (Å²) in [4.78, 5) is 11.9. The number of benzene rings is 1. The van der Waals surface area contributed by atoms with Crippen LogP contribution in [0.5, 0.6) is 0 Å². The summed E-state index contributed by atoms with van der Waals surface area (Å²) in [5.74, 6) is 0.366. The van der Waals surface area contributed by atoms with Gasteiger partial charge in [-0.1, -0.05) is 38.5 Å². The Balaban J connectivity index is 2.63. The predicted octanol–water partition coefficient (Wildman–Crippen LogP) is 4.55. The van der Waals surface area contributed by atoms with Crippen molar-refractivity contribution in [2.75, 3.05) is 0 Å². The van der Waals surface area contributed by atoms with E-state index in [-0.39, 0.29) is 5.41 Å². The Labute approximate surface area is 112 Å². The third-order valence-corrected chi connectivity index (χ3v) is 3.51. The molecule has 1 rings (SSSR count). The van der Waals surface area contributed by atoms with Crippen LogP contribution in [0.25, 0.3) is 0 Å². The normalized spacial score (nSPS) is 11.7. The van der Waals surface area contributed by atoms with Gasteiger partial charge in [0.2, 0.25) is 0 Å². The van der Waals surface area contributed by atoms with E-state index >= 15 is 0 Å². The van der Waals surface area contributed by atoms with Gasteiger partial charge in [-0.05, 0) is 50.3 Å². The van der Waals surface area contributed by atoms with Crippen LogP contribution in [-0.4, -0.2) is 5.78 Å². The molecule has 0 fully saturated rings. The molecule has 1 aromatic rings. The minimum absolute atomic E-state index is 0.197. The van der Waals surface area contributed by atoms with Gasteiger partial charge in [0.05, 0.1) is 0 Å². The molecule has 0 saturated heterocycles. The molecule has 0 aliphatic rings. The molecule has 0 bridgehead atoms. The fraction of sp³-hybridized carbons (Fsp3) is 0.588. The van der Waals surface area contributed by atoms with Gasteiger partial charge in [0.1, 0.15) is 5.78 Å². The smallest absolute Gasteiger partial charge is 0.138 e. The zero-order valence-corrected chi connectivity index (χ0v) is 12.7. The largest absolute Gasteiger partial charge is 0.299 e. The van der Waals surface area contributed by atoms with Gasteiger partial charge in [-0.15, -0.1) is 0 Å². The SMILES string of the molecule is Cc1cc(C)c(CCCC(=O)C(C)(C)C)c(C)c1. The number of Topliss-reactive ketones (excluding diaryl/α,β-unsaturated/α-hetero) is 1. The van der Waals surface area contributed by atoms with Gasteiger partial charge in [0.25, 0.3) is 0 Å². The summed E-state index contributed by atoms with van der Waals surface area (Å²) >= 11 is 0. The summed E-state index contributed by atoms with van der Waals surface area (Å²) in [6.07, 6.45) is 2.66. The van der Waals surface area contributed by atoms with E-state index in [2.05, 4.69) is 32.9 Å². The van der Waals surface area contributed by atoms with Crippen LogP contribution in [0.4, 0.5) is 0 Å². The Bertz CT molecular complexity index is 412. The van der Waals surface area contributed by atoms with Crippen molar-refractivity contribution in [3.63, 3.8) is 0 Å².